The van der Waals surface area contributed by atoms with Gasteiger partial charge in [0.05, 0.1) is 0 Å². The second-order valence-electron chi connectivity index (χ2n) is 16.3. The fourth-order valence-electron chi connectivity index (χ4n) is 8.74. The van der Waals surface area contributed by atoms with Gasteiger partial charge in [-0.25, -0.2) is 4.98 Å². The van der Waals surface area contributed by atoms with Crippen LogP contribution in [0.5, 0.6) is 0 Å². The minimum absolute atomic E-state index is 0. The predicted molar refractivity (Wildman–Crippen MR) is 230 cm³/mol. The van der Waals surface area contributed by atoms with Gasteiger partial charge in [0.1, 0.15) is 5.82 Å². The van der Waals surface area contributed by atoms with E-state index in [0.29, 0.717) is 5.92 Å². The van der Waals surface area contributed by atoms with Crippen LogP contribution in [0.25, 0.3) is 50.3 Å². The normalized spacial score (nSPS) is 13.3. The Morgan fingerprint density at radius 1 is 0.768 bits per heavy atom. The fourth-order valence-corrected chi connectivity index (χ4v) is 8.74. The molecule has 0 N–H and O–H groups in total. The summed E-state index contributed by atoms with van der Waals surface area (Å²) in [4.78, 5) is 12.1. The van der Waals surface area contributed by atoms with Crippen LogP contribution in [-0.4, -0.2) is 33.0 Å². The summed E-state index contributed by atoms with van der Waals surface area (Å²) in [6, 6.07) is 47.8. The van der Waals surface area contributed by atoms with Crippen molar-refractivity contribution >= 4 is 39.9 Å². The van der Waals surface area contributed by atoms with E-state index < -0.39 is 0 Å². The van der Waals surface area contributed by atoms with Gasteiger partial charge in [-0.1, -0.05) is 112 Å². The monoisotopic (exact) mass is 908 g/mol. The molecular weight excluding hydrogens is 862 g/mol. The molecule has 0 saturated heterocycles. The Labute approximate surface area is 344 Å². The Balaban J connectivity index is 0.000000163. The molecule has 0 atom stereocenters. The van der Waals surface area contributed by atoms with Crippen LogP contribution < -0.4 is 10.3 Å². The summed E-state index contributed by atoms with van der Waals surface area (Å²) in [7, 11) is 2.22. The van der Waals surface area contributed by atoms with E-state index in [9.17, 15) is 0 Å². The Kier molecular flexibility index (Phi) is 10.1. The summed E-state index contributed by atoms with van der Waals surface area (Å²) in [6.07, 6.45) is 7.28. The van der Waals surface area contributed by atoms with Gasteiger partial charge >= 0.3 is 6.98 Å². The van der Waals surface area contributed by atoms with Gasteiger partial charge in [0.15, 0.2) is 0 Å². The van der Waals surface area contributed by atoms with Crippen molar-refractivity contribution in [3.63, 3.8) is 0 Å². The number of hydrogen-bond acceptors (Lipinski definition) is 3. The number of aromatic nitrogens is 4. The van der Waals surface area contributed by atoms with Crippen molar-refractivity contribution in [2.24, 2.45) is 0 Å². The average molecular weight is 908 g/mol. The number of imidazole rings is 1. The zero-order valence-corrected chi connectivity index (χ0v) is 35.4. The number of nitrogens with zero attached hydrogens (tertiary/aromatic N) is 5. The van der Waals surface area contributed by atoms with Crippen LogP contribution >= 0.6 is 0 Å². The van der Waals surface area contributed by atoms with E-state index in [4.69, 9.17) is 4.98 Å². The molecule has 2 aliphatic heterocycles. The van der Waals surface area contributed by atoms with Gasteiger partial charge in [-0.3, -0.25) is 4.98 Å². The molecule has 2 aliphatic rings. The van der Waals surface area contributed by atoms with Crippen LogP contribution in [0.15, 0.2) is 128 Å². The van der Waals surface area contributed by atoms with E-state index >= 15 is 0 Å². The van der Waals surface area contributed by atoms with Gasteiger partial charge in [0, 0.05) is 55.1 Å². The number of aryl methyl sites for hydroxylation is 2. The van der Waals surface area contributed by atoms with Gasteiger partial charge in [0.25, 0.3) is 0 Å². The third-order valence-electron chi connectivity index (χ3n) is 11.5. The Morgan fingerprint density at radius 2 is 1.50 bits per heavy atom. The number of fused-ring (bicyclic) bond motifs is 9. The van der Waals surface area contributed by atoms with Crippen molar-refractivity contribution in [2.75, 3.05) is 11.9 Å². The molecule has 0 saturated carbocycles. The molecule has 1 radical (unpaired) electrons. The molecule has 5 heterocycles. The zero-order chi connectivity index (χ0) is 37.8. The summed E-state index contributed by atoms with van der Waals surface area (Å²) >= 11 is 0. The number of anilines is 1. The summed E-state index contributed by atoms with van der Waals surface area (Å²) < 4.78 is 4.67. The third kappa shape index (κ3) is 6.41. The maximum Gasteiger partial charge on any atom is 0.399 e. The maximum atomic E-state index is 4.99. The van der Waals surface area contributed by atoms with Crippen LogP contribution in [-0.2, 0) is 38.4 Å². The minimum atomic E-state index is 0. The molecule has 3 aromatic heterocycles. The number of rotatable bonds is 2. The number of benzene rings is 5. The molecule has 5 nitrogen and oxygen atoms in total. The molecule has 0 fully saturated rings. The molecule has 0 aliphatic carbocycles. The average Bonchev–Trinajstić information content (AvgIpc) is 3.79. The van der Waals surface area contributed by atoms with Gasteiger partial charge in [0.2, 0.25) is 0 Å². The van der Waals surface area contributed by atoms with Crippen molar-refractivity contribution in [3.8, 4) is 28.5 Å². The SMILES string of the molecule is CC(C)(C)c1ccnc(-n2c3[c-]cccc3c3ccccc32)c1.CC(C)c1cccc2c1B1N(C)c3ccc[c-]c3-c3ncc(n31)-c1ccccc1CCC2.[Ir]. The van der Waals surface area contributed by atoms with Gasteiger partial charge in [-0.2, -0.15) is 24.3 Å². The maximum absolute atomic E-state index is 4.99. The topological polar surface area (TPSA) is 38.9 Å². The van der Waals surface area contributed by atoms with Crippen LogP contribution in [0.3, 0.4) is 0 Å². The van der Waals surface area contributed by atoms with Gasteiger partial charge in [-0.15, -0.1) is 29.7 Å². The van der Waals surface area contributed by atoms with Crippen LogP contribution in [0, 0.1) is 12.1 Å². The quantitative estimate of drug-likeness (QED) is 0.128. The van der Waals surface area contributed by atoms with E-state index in [0.717, 1.165) is 42.0 Å². The Bertz CT molecular complexity index is 2650. The van der Waals surface area contributed by atoms with Gasteiger partial charge in [-0.05, 0) is 88.9 Å². The molecule has 0 unspecified atom stereocenters. The summed E-state index contributed by atoms with van der Waals surface area (Å²) in [5.41, 5.74) is 14.1. The molecule has 10 rings (SSSR count). The molecule has 5 aromatic carbocycles. The predicted octanol–water partition coefficient (Wildman–Crippen LogP) is 10.6. The number of hydrogen-bond donors (Lipinski definition) is 0. The van der Waals surface area contributed by atoms with E-state index in [1.807, 2.05) is 24.4 Å². The second kappa shape index (κ2) is 15.0. The Morgan fingerprint density at radius 3 is 2.34 bits per heavy atom. The molecule has 56 heavy (non-hydrogen) atoms. The van der Waals surface area contributed by atoms with Crippen molar-refractivity contribution in [1.82, 2.24) is 19.0 Å². The van der Waals surface area contributed by atoms with Crippen molar-refractivity contribution < 1.29 is 20.1 Å². The third-order valence-corrected chi connectivity index (χ3v) is 11.5. The summed E-state index contributed by atoms with van der Waals surface area (Å²) in [5.74, 6) is 2.41. The first-order valence-electron chi connectivity index (χ1n) is 19.6. The van der Waals surface area contributed by atoms with E-state index in [2.05, 4.69) is 176 Å². The largest absolute Gasteiger partial charge is 0.436 e. The minimum Gasteiger partial charge on any atom is -0.436 e. The molecular formula is C49H46BIrN5-2. The number of para-hydroxylation sites is 2. The fraction of sp³-hybridized carbons (Fsp3) is 0.224. The molecule has 7 heteroatoms. The van der Waals surface area contributed by atoms with Crippen LogP contribution in [0.1, 0.15) is 69.2 Å². The molecule has 0 spiro atoms. The van der Waals surface area contributed by atoms with E-state index in [1.54, 1.807) is 0 Å². The second-order valence-corrected chi connectivity index (χ2v) is 16.3. The first-order chi connectivity index (χ1) is 26.7. The van der Waals surface area contributed by atoms with Crippen LogP contribution in [0.4, 0.5) is 5.69 Å². The first kappa shape index (κ1) is 37.7. The number of pyridine rings is 1. The van der Waals surface area contributed by atoms with Crippen molar-refractivity contribution in [2.45, 2.75) is 65.2 Å². The van der Waals surface area contributed by atoms with Crippen molar-refractivity contribution in [3.05, 3.63) is 162 Å². The summed E-state index contributed by atoms with van der Waals surface area (Å²) in [6.45, 7) is 11.4. The smallest absolute Gasteiger partial charge is 0.399 e. The van der Waals surface area contributed by atoms with E-state index in [-0.39, 0.29) is 32.5 Å². The van der Waals surface area contributed by atoms with E-state index in [1.165, 1.54) is 61.0 Å². The van der Waals surface area contributed by atoms with Crippen LogP contribution in [0.2, 0.25) is 0 Å². The standard InChI is InChI=1S/C28H27BN3.C21H19N2.Ir/c1-19(2)22-16-9-13-21-12-8-11-20-10-4-5-14-23(20)26-18-30-28-24-15-6-7-17-25(24)31(3)29(27(21)22)32(26)28;1-21(2,3)15-12-13-22-20(14-15)23-18-10-6-4-8-16(18)17-9-5-7-11-19(17)23;/h4-7,9-10,13-14,16-19H,8,11-12H2,1-3H3;4-10,12-14H,1-3H3;/q2*-1;. The summed E-state index contributed by atoms with van der Waals surface area (Å²) in [5, 5.41) is 2.45. The molecule has 8 aromatic rings. The first-order valence-corrected chi connectivity index (χ1v) is 19.6. The van der Waals surface area contributed by atoms with Crippen molar-refractivity contribution in [1.29, 1.82) is 0 Å². The molecule has 0 amide bonds. The Hall–Kier alpha value is -5.23. The zero-order valence-electron chi connectivity index (χ0n) is 33.0. The molecule has 0 bridgehead atoms. The van der Waals surface area contributed by atoms with Gasteiger partial charge < -0.3 is 13.9 Å². The molecule has 281 valence electrons.